The molecule has 1 fully saturated rings. The molecule has 142 valence electrons. The lowest BCUT2D eigenvalue weighted by Crippen LogP contribution is -2.19. The Morgan fingerprint density at radius 2 is 1.81 bits per heavy atom. The number of hydrogen-bond acceptors (Lipinski definition) is 4. The summed E-state index contributed by atoms with van der Waals surface area (Å²) in [6, 6.07) is 8.78. The second kappa shape index (κ2) is 6.75. The predicted molar refractivity (Wildman–Crippen MR) is 92.3 cm³/mol. The zero-order valence-electron chi connectivity index (χ0n) is 14.3. The lowest BCUT2D eigenvalue weighted by Gasteiger charge is -2.10. The molecule has 0 saturated heterocycles. The number of fused-ring (bicyclic) bond motifs is 1. The van der Waals surface area contributed by atoms with E-state index in [2.05, 4.69) is 9.72 Å². The summed E-state index contributed by atoms with van der Waals surface area (Å²) in [5.41, 5.74) is 2.02. The smallest absolute Gasteiger partial charge is 0.406 e. The monoisotopic (exact) mass is 378 g/mol. The average Bonchev–Trinajstić information content (AvgIpc) is 3.23. The molecular formula is C19H17F3N2O3. The second-order valence-corrected chi connectivity index (χ2v) is 6.72. The summed E-state index contributed by atoms with van der Waals surface area (Å²) in [5, 5.41) is 0. The third-order valence-electron chi connectivity index (χ3n) is 4.81. The normalized spacial score (nSPS) is 15.5. The van der Waals surface area contributed by atoms with Crippen molar-refractivity contribution in [3.63, 3.8) is 0 Å². The Morgan fingerprint density at radius 3 is 2.48 bits per heavy atom. The van der Waals surface area contributed by atoms with Crippen LogP contribution in [0.3, 0.4) is 0 Å². The van der Waals surface area contributed by atoms with Crippen LogP contribution < -0.4 is 10.5 Å². The third-order valence-corrected chi connectivity index (χ3v) is 4.81. The van der Waals surface area contributed by atoms with Gasteiger partial charge in [-0.2, -0.15) is 0 Å². The summed E-state index contributed by atoms with van der Waals surface area (Å²) in [7, 11) is 0. The fraction of sp³-hybridized carbons (Fsp3) is 0.368. The molecule has 1 saturated carbocycles. The molecule has 0 aliphatic heterocycles. The van der Waals surface area contributed by atoms with Gasteiger partial charge in [0.2, 0.25) is 0 Å². The van der Waals surface area contributed by atoms with E-state index in [1.54, 1.807) is 16.7 Å². The quantitative estimate of drug-likeness (QED) is 0.658. The van der Waals surface area contributed by atoms with Crippen LogP contribution >= 0.6 is 0 Å². The van der Waals surface area contributed by atoms with E-state index >= 15 is 0 Å². The maximum Gasteiger partial charge on any atom is 0.573 e. The molecule has 4 rings (SSSR count). The zero-order chi connectivity index (χ0) is 19.0. The van der Waals surface area contributed by atoms with Crippen molar-refractivity contribution in [3.8, 4) is 17.0 Å². The van der Waals surface area contributed by atoms with Gasteiger partial charge in [-0.3, -0.25) is 4.57 Å². The van der Waals surface area contributed by atoms with E-state index in [0.29, 0.717) is 35.0 Å². The van der Waals surface area contributed by atoms with Gasteiger partial charge in [-0.1, -0.05) is 12.8 Å². The average molecular weight is 378 g/mol. The highest BCUT2D eigenvalue weighted by molar-refractivity contribution is 5.73. The van der Waals surface area contributed by atoms with Gasteiger partial charge in [-0.05, 0) is 55.2 Å². The van der Waals surface area contributed by atoms with Gasteiger partial charge in [0.1, 0.15) is 5.75 Å². The van der Waals surface area contributed by atoms with E-state index in [9.17, 15) is 18.0 Å². The van der Waals surface area contributed by atoms with Crippen molar-refractivity contribution in [3.05, 3.63) is 46.9 Å². The maximum atomic E-state index is 12.3. The van der Waals surface area contributed by atoms with E-state index in [1.165, 1.54) is 37.1 Å². The van der Waals surface area contributed by atoms with Crippen LogP contribution in [0.15, 0.2) is 45.6 Å². The van der Waals surface area contributed by atoms with Crippen molar-refractivity contribution in [1.29, 1.82) is 0 Å². The summed E-state index contributed by atoms with van der Waals surface area (Å²) in [6.07, 6.45) is -0.231. The van der Waals surface area contributed by atoms with Crippen LogP contribution in [0.5, 0.6) is 5.75 Å². The Bertz CT molecular complexity index is 1000. The molecule has 1 aliphatic carbocycles. The van der Waals surface area contributed by atoms with Gasteiger partial charge in [0.25, 0.3) is 0 Å². The van der Waals surface area contributed by atoms with Crippen LogP contribution in [0.1, 0.15) is 25.7 Å². The van der Waals surface area contributed by atoms with Crippen molar-refractivity contribution < 1.29 is 22.3 Å². The van der Waals surface area contributed by atoms with Gasteiger partial charge in [-0.15, -0.1) is 13.2 Å². The topological polar surface area (TPSA) is 57.3 Å². The van der Waals surface area contributed by atoms with Crippen molar-refractivity contribution in [2.45, 2.75) is 38.6 Å². The molecule has 3 aromatic rings. The highest BCUT2D eigenvalue weighted by Gasteiger charge is 2.31. The van der Waals surface area contributed by atoms with E-state index in [1.807, 2.05) is 0 Å². The van der Waals surface area contributed by atoms with Crippen molar-refractivity contribution in [2.75, 3.05) is 0 Å². The van der Waals surface area contributed by atoms with Crippen LogP contribution in [0.2, 0.25) is 0 Å². The number of halogens is 3. The fourth-order valence-electron chi connectivity index (χ4n) is 3.54. The molecule has 0 radical (unpaired) electrons. The Balaban J connectivity index is 1.65. The molecule has 2 heterocycles. The van der Waals surface area contributed by atoms with E-state index in [0.717, 1.165) is 12.8 Å². The molecule has 0 atom stereocenters. The third kappa shape index (κ3) is 3.84. The molecule has 0 unspecified atom stereocenters. The number of oxazole rings is 1. The highest BCUT2D eigenvalue weighted by atomic mass is 19.4. The minimum Gasteiger partial charge on any atom is -0.406 e. The van der Waals surface area contributed by atoms with Gasteiger partial charge >= 0.3 is 12.1 Å². The van der Waals surface area contributed by atoms with Crippen LogP contribution in [0.4, 0.5) is 13.2 Å². The number of ether oxygens (including phenoxy) is 1. The second-order valence-electron chi connectivity index (χ2n) is 6.72. The van der Waals surface area contributed by atoms with Gasteiger partial charge < -0.3 is 9.15 Å². The minimum absolute atomic E-state index is 0.297. The van der Waals surface area contributed by atoms with Crippen LogP contribution in [-0.4, -0.2) is 15.9 Å². The SMILES string of the molecule is O=c1oc2ccc(-c3ccc(OC(F)(F)F)cc3)nc2n1CC1CCCC1. The molecule has 2 aromatic heterocycles. The molecule has 27 heavy (non-hydrogen) atoms. The van der Waals surface area contributed by atoms with Crippen molar-refractivity contribution >= 4 is 11.2 Å². The van der Waals surface area contributed by atoms with Crippen molar-refractivity contribution in [1.82, 2.24) is 9.55 Å². The number of aromatic nitrogens is 2. The van der Waals surface area contributed by atoms with Crippen molar-refractivity contribution in [2.24, 2.45) is 5.92 Å². The highest BCUT2D eigenvalue weighted by Crippen LogP contribution is 2.29. The standard InChI is InChI=1S/C19H17F3N2O3/c20-19(21,22)27-14-7-5-13(6-8-14)15-9-10-16-17(23-15)24(18(25)26-16)11-12-3-1-2-4-12/h5-10,12H,1-4,11H2. The van der Waals surface area contributed by atoms with E-state index < -0.39 is 12.1 Å². The van der Waals surface area contributed by atoms with Gasteiger partial charge in [0, 0.05) is 12.1 Å². The zero-order valence-corrected chi connectivity index (χ0v) is 14.3. The Labute approximate surface area is 152 Å². The van der Waals surface area contributed by atoms with E-state index in [4.69, 9.17) is 4.42 Å². The first-order valence-electron chi connectivity index (χ1n) is 8.76. The first-order chi connectivity index (χ1) is 12.9. The Kier molecular flexibility index (Phi) is 4.41. The molecule has 1 aromatic carbocycles. The number of hydrogen-bond donors (Lipinski definition) is 0. The summed E-state index contributed by atoms with van der Waals surface area (Å²) < 4.78 is 47.5. The number of pyridine rings is 1. The summed E-state index contributed by atoms with van der Waals surface area (Å²) >= 11 is 0. The van der Waals surface area contributed by atoms with Crippen LogP contribution in [0.25, 0.3) is 22.5 Å². The minimum atomic E-state index is -4.73. The summed E-state index contributed by atoms with van der Waals surface area (Å²) in [5.74, 6) is -0.294. The Hall–Kier alpha value is -2.77. The largest absolute Gasteiger partial charge is 0.573 e. The molecule has 0 bridgehead atoms. The summed E-state index contributed by atoms with van der Waals surface area (Å²) in [4.78, 5) is 16.7. The first-order valence-corrected chi connectivity index (χ1v) is 8.76. The lowest BCUT2D eigenvalue weighted by atomic mass is 10.1. The first kappa shape index (κ1) is 17.6. The summed E-state index contributed by atoms with van der Waals surface area (Å²) in [6.45, 7) is 0.570. The number of alkyl halides is 3. The van der Waals surface area contributed by atoms with Gasteiger partial charge in [-0.25, -0.2) is 9.78 Å². The predicted octanol–water partition coefficient (Wildman–Crippen LogP) is 4.75. The van der Waals surface area contributed by atoms with E-state index in [-0.39, 0.29) is 5.75 Å². The molecule has 5 nitrogen and oxygen atoms in total. The fourth-order valence-corrected chi connectivity index (χ4v) is 3.54. The molecule has 0 N–H and O–H groups in total. The number of rotatable bonds is 4. The Morgan fingerprint density at radius 1 is 1.11 bits per heavy atom. The van der Waals surface area contributed by atoms with Gasteiger partial charge in [0.15, 0.2) is 11.2 Å². The maximum absolute atomic E-state index is 12.3. The molecular weight excluding hydrogens is 361 g/mol. The molecule has 0 amide bonds. The molecule has 8 heteroatoms. The van der Waals surface area contributed by atoms with Gasteiger partial charge in [0.05, 0.1) is 5.69 Å². The molecule has 0 spiro atoms. The number of nitrogens with zero attached hydrogens (tertiary/aromatic N) is 2. The van der Waals surface area contributed by atoms with Crippen LogP contribution in [-0.2, 0) is 6.54 Å². The molecule has 1 aliphatic rings. The number of benzene rings is 1. The van der Waals surface area contributed by atoms with Crippen LogP contribution in [0, 0.1) is 5.92 Å². The lowest BCUT2D eigenvalue weighted by molar-refractivity contribution is -0.274.